The first kappa shape index (κ1) is 19.2. The first-order valence-electron chi connectivity index (χ1n) is 10.1. The van der Waals surface area contributed by atoms with E-state index in [2.05, 4.69) is 71.5 Å². The van der Waals surface area contributed by atoms with E-state index in [0.717, 1.165) is 35.5 Å². The van der Waals surface area contributed by atoms with E-state index in [-0.39, 0.29) is 0 Å². The van der Waals surface area contributed by atoms with Crippen LogP contribution in [0.5, 0.6) is 0 Å². The summed E-state index contributed by atoms with van der Waals surface area (Å²) in [5.74, 6) is 0. The van der Waals surface area contributed by atoms with Crippen molar-refractivity contribution in [2.24, 2.45) is 10.2 Å². The maximum atomic E-state index is 4.73. The molecule has 6 heteroatoms. The summed E-state index contributed by atoms with van der Waals surface area (Å²) >= 11 is 3.44. The van der Waals surface area contributed by atoms with E-state index in [9.17, 15) is 0 Å². The summed E-state index contributed by atoms with van der Waals surface area (Å²) < 4.78 is 7.17. The number of unbranched alkanes of at least 4 members (excludes halogenated alkanes) is 2. The van der Waals surface area contributed by atoms with Gasteiger partial charge in [-0.2, -0.15) is 0 Å². The van der Waals surface area contributed by atoms with E-state index in [1.165, 1.54) is 33.3 Å². The van der Waals surface area contributed by atoms with Crippen LogP contribution in [0.25, 0.3) is 20.4 Å². The van der Waals surface area contributed by atoms with Crippen molar-refractivity contribution < 1.29 is 0 Å². The van der Waals surface area contributed by atoms with Gasteiger partial charge < -0.3 is 9.13 Å². The monoisotopic (exact) mass is 410 g/mol. The van der Waals surface area contributed by atoms with Gasteiger partial charge in [0.25, 0.3) is 0 Å². The Kier molecular flexibility index (Phi) is 6.07. The Bertz CT molecular complexity index is 1110. The summed E-state index contributed by atoms with van der Waals surface area (Å²) in [6.45, 7) is 6.42. The summed E-state index contributed by atoms with van der Waals surface area (Å²) in [5.41, 5.74) is 2.51. The normalized spacial score (nSPS) is 13.2. The van der Waals surface area contributed by atoms with Gasteiger partial charge >= 0.3 is 0 Å². The smallest absolute Gasteiger partial charge is 0.211 e. The van der Waals surface area contributed by atoms with Crippen molar-refractivity contribution in [1.82, 2.24) is 9.13 Å². The van der Waals surface area contributed by atoms with Crippen molar-refractivity contribution in [1.29, 1.82) is 0 Å². The molecule has 0 radical (unpaired) electrons. The molecule has 0 unspecified atom stereocenters. The Morgan fingerprint density at radius 1 is 0.679 bits per heavy atom. The van der Waals surface area contributed by atoms with Crippen molar-refractivity contribution in [2.75, 3.05) is 0 Å². The third-order valence-corrected chi connectivity index (χ3v) is 6.97. The number of thiazole rings is 2. The maximum absolute atomic E-state index is 4.73. The van der Waals surface area contributed by atoms with Crippen LogP contribution in [0.3, 0.4) is 0 Å². The number of benzene rings is 2. The van der Waals surface area contributed by atoms with E-state index < -0.39 is 0 Å². The number of fused-ring (bicyclic) bond motifs is 2. The van der Waals surface area contributed by atoms with Crippen LogP contribution in [0, 0.1) is 0 Å². The lowest BCUT2D eigenvalue weighted by atomic mass is 10.3. The van der Waals surface area contributed by atoms with Crippen molar-refractivity contribution in [3.8, 4) is 0 Å². The highest BCUT2D eigenvalue weighted by Crippen LogP contribution is 2.18. The number of hydrogen-bond acceptors (Lipinski definition) is 4. The summed E-state index contributed by atoms with van der Waals surface area (Å²) in [7, 11) is 0. The number of aryl methyl sites for hydroxylation is 2. The van der Waals surface area contributed by atoms with Gasteiger partial charge in [-0.15, -0.1) is 10.2 Å². The van der Waals surface area contributed by atoms with Crippen LogP contribution < -0.4 is 9.60 Å². The summed E-state index contributed by atoms with van der Waals surface area (Å²) in [6, 6.07) is 17.1. The topological polar surface area (TPSA) is 34.6 Å². The molecule has 0 N–H and O–H groups in total. The van der Waals surface area contributed by atoms with E-state index in [0.29, 0.717) is 0 Å². The molecule has 0 atom stereocenters. The lowest BCUT2D eigenvalue weighted by molar-refractivity contribution is 0.622. The van der Waals surface area contributed by atoms with Gasteiger partial charge in [0.2, 0.25) is 9.60 Å². The van der Waals surface area contributed by atoms with E-state index >= 15 is 0 Å². The number of aromatic nitrogens is 2. The highest BCUT2D eigenvalue weighted by atomic mass is 32.1. The van der Waals surface area contributed by atoms with Crippen LogP contribution in [0.1, 0.15) is 39.5 Å². The van der Waals surface area contributed by atoms with Crippen LogP contribution in [0.15, 0.2) is 58.7 Å². The van der Waals surface area contributed by atoms with Gasteiger partial charge in [-0.05, 0) is 37.1 Å². The predicted octanol–water partition coefficient (Wildman–Crippen LogP) is 5.74. The van der Waals surface area contributed by atoms with Gasteiger partial charge in [-0.25, -0.2) is 0 Å². The van der Waals surface area contributed by atoms with Gasteiger partial charge in [0, 0.05) is 13.1 Å². The lowest BCUT2D eigenvalue weighted by Gasteiger charge is -2.03. The van der Waals surface area contributed by atoms with Crippen LogP contribution in [-0.4, -0.2) is 9.13 Å². The molecule has 28 heavy (non-hydrogen) atoms. The zero-order valence-corrected chi connectivity index (χ0v) is 18.1. The Labute approximate surface area is 173 Å². The SMILES string of the molecule is CCCCn1c(=NN=c2sc3ccccc3n2CCCC)sc2ccccc21. The van der Waals surface area contributed by atoms with E-state index in [4.69, 9.17) is 10.2 Å². The molecule has 0 aliphatic heterocycles. The minimum Gasteiger partial charge on any atom is -0.315 e. The highest BCUT2D eigenvalue weighted by Gasteiger charge is 2.07. The van der Waals surface area contributed by atoms with Gasteiger partial charge in [0.05, 0.1) is 20.4 Å². The Morgan fingerprint density at radius 3 is 1.54 bits per heavy atom. The fourth-order valence-corrected chi connectivity index (χ4v) is 5.36. The van der Waals surface area contributed by atoms with Gasteiger partial charge in [0.1, 0.15) is 0 Å². The average molecular weight is 411 g/mol. The summed E-state index contributed by atoms with van der Waals surface area (Å²) in [5, 5.41) is 9.45. The number of nitrogens with zero attached hydrogens (tertiary/aromatic N) is 4. The Hall–Kier alpha value is -2.18. The molecule has 146 valence electrons. The molecule has 2 aromatic heterocycles. The second-order valence-corrected chi connectivity index (χ2v) is 8.93. The van der Waals surface area contributed by atoms with Crippen LogP contribution >= 0.6 is 22.7 Å². The Balaban J connectivity index is 1.87. The second-order valence-electron chi connectivity index (χ2n) is 6.92. The van der Waals surface area contributed by atoms with E-state index in [1.807, 2.05) is 0 Å². The predicted molar refractivity (Wildman–Crippen MR) is 121 cm³/mol. The molecular weight excluding hydrogens is 384 g/mol. The molecule has 4 rings (SSSR count). The molecule has 2 aromatic carbocycles. The fourth-order valence-electron chi connectivity index (χ4n) is 3.34. The third kappa shape index (κ3) is 3.84. The standard InChI is InChI=1S/C22H26N4S2/c1-3-5-15-25-17-11-7-9-13-19(17)27-21(25)23-24-22-26(16-6-4-2)18-12-8-10-14-20(18)28-22/h7-14H,3-6,15-16H2,1-2H3. The molecule has 4 nitrogen and oxygen atoms in total. The first-order chi connectivity index (χ1) is 13.8. The summed E-state index contributed by atoms with van der Waals surface area (Å²) in [6.07, 6.45) is 4.63. The van der Waals surface area contributed by atoms with Crippen molar-refractivity contribution in [2.45, 2.75) is 52.6 Å². The second kappa shape index (κ2) is 8.88. The van der Waals surface area contributed by atoms with Gasteiger partial charge in [0.15, 0.2) is 0 Å². The first-order valence-corrected chi connectivity index (χ1v) is 11.7. The van der Waals surface area contributed by atoms with E-state index in [1.54, 1.807) is 22.7 Å². The molecule has 0 bridgehead atoms. The van der Waals surface area contributed by atoms with Crippen molar-refractivity contribution in [3.63, 3.8) is 0 Å². The molecular formula is C22H26N4S2. The molecule has 2 heterocycles. The third-order valence-electron chi connectivity index (χ3n) is 4.87. The number of hydrogen-bond donors (Lipinski definition) is 0. The highest BCUT2D eigenvalue weighted by molar-refractivity contribution is 7.16. The van der Waals surface area contributed by atoms with Crippen molar-refractivity contribution in [3.05, 3.63) is 58.1 Å². The van der Waals surface area contributed by atoms with Gasteiger partial charge in [-0.3, -0.25) is 0 Å². The fraction of sp³-hybridized carbons (Fsp3) is 0.364. The molecule has 4 aromatic rings. The van der Waals surface area contributed by atoms with Gasteiger partial charge in [-0.1, -0.05) is 73.6 Å². The zero-order chi connectivity index (χ0) is 19.3. The quantitative estimate of drug-likeness (QED) is 0.349. The largest absolute Gasteiger partial charge is 0.315 e. The zero-order valence-electron chi connectivity index (χ0n) is 16.5. The minimum atomic E-state index is 0.981. The van der Waals surface area contributed by atoms with Crippen molar-refractivity contribution >= 4 is 43.1 Å². The Morgan fingerprint density at radius 2 is 1.11 bits per heavy atom. The molecule has 0 aliphatic rings. The number of rotatable bonds is 7. The minimum absolute atomic E-state index is 0.981. The molecule has 0 spiro atoms. The molecule has 0 aliphatic carbocycles. The molecule has 0 saturated carbocycles. The maximum Gasteiger partial charge on any atom is 0.211 e. The van der Waals surface area contributed by atoms with Crippen LogP contribution in [0.4, 0.5) is 0 Å². The molecule has 0 fully saturated rings. The average Bonchev–Trinajstić information content (AvgIpc) is 3.26. The summed E-state index contributed by atoms with van der Waals surface area (Å²) in [4.78, 5) is 1.96. The van der Waals surface area contributed by atoms with Crippen LogP contribution in [-0.2, 0) is 13.1 Å². The molecule has 0 saturated heterocycles. The van der Waals surface area contributed by atoms with Crippen LogP contribution in [0.2, 0.25) is 0 Å². The number of para-hydroxylation sites is 2. The molecule has 0 amide bonds. The lowest BCUT2D eigenvalue weighted by Crippen LogP contribution is -2.17.